The molecule has 0 aliphatic carbocycles. The lowest BCUT2D eigenvalue weighted by molar-refractivity contribution is 0.466. The summed E-state index contributed by atoms with van der Waals surface area (Å²) in [6.07, 6.45) is 0. The number of nitrogens with one attached hydrogen (secondary N) is 1. The lowest BCUT2D eigenvalue weighted by Gasteiger charge is -2.05. The Morgan fingerprint density at radius 2 is 2.06 bits per heavy atom. The molecule has 0 aromatic carbocycles. The van der Waals surface area contributed by atoms with Crippen LogP contribution in [-0.2, 0) is 6.54 Å². The minimum Gasteiger partial charge on any atom is -0.363 e. The van der Waals surface area contributed by atoms with Crippen LogP contribution in [-0.4, -0.2) is 4.98 Å². The van der Waals surface area contributed by atoms with E-state index >= 15 is 0 Å². The number of hydrogen-bond acceptors (Lipinski definition) is 3. The summed E-state index contributed by atoms with van der Waals surface area (Å²) in [5, 5.41) is 6.33. The number of nitrogens with zero attached hydrogens (tertiary/aromatic N) is 1. The van der Waals surface area contributed by atoms with E-state index in [0.717, 1.165) is 5.56 Å². The van der Waals surface area contributed by atoms with Crippen LogP contribution in [0.2, 0.25) is 0 Å². The molecule has 0 fully saturated rings. The number of pyridine rings is 1. The zero-order chi connectivity index (χ0) is 11.5. The number of rotatable bonds is 3. The number of anilines is 1. The molecular weight excluding hydrogens is 237 g/mol. The van der Waals surface area contributed by atoms with Gasteiger partial charge in [-0.25, -0.2) is 8.78 Å². The quantitative estimate of drug-likeness (QED) is 0.839. The van der Waals surface area contributed by atoms with Crippen LogP contribution < -0.4 is 5.32 Å². The predicted octanol–water partition coefficient (Wildman–Crippen LogP) is 3.17. The Balaban J connectivity index is 2.12. The number of aromatic nitrogens is 1. The van der Waals surface area contributed by atoms with E-state index in [4.69, 9.17) is 0 Å². The average Bonchev–Trinajstić information content (AvgIpc) is 2.74. The van der Waals surface area contributed by atoms with E-state index in [-0.39, 0.29) is 5.82 Å². The van der Waals surface area contributed by atoms with Gasteiger partial charge in [0.15, 0.2) is 17.5 Å². The van der Waals surface area contributed by atoms with Gasteiger partial charge in [-0.3, -0.25) is 0 Å². The molecule has 0 amide bonds. The van der Waals surface area contributed by atoms with Crippen LogP contribution in [0, 0.1) is 17.6 Å². The highest BCUT2D eigenvalue weighted by atomic mass is 32.1. The third-order valence-corrected chi connectivity index (χ3v) is 2.66. The van der Waals surface area contributed by atoms with Gasteiger partial charge >= 0.3 is 0 Å². The first kappa shape index (κ1) is 10.9. The van der Waals surface area contributed by atoms with Crippen LogP contribution in [0.4, 0.5) is 19.0 Å². The van der Waals surface area contributed by atoms with Gasteiger partial charge < -0.3 is 5.32 Å². The van der Waals surface area contributed by atoms with E-state index in [1.165, 1.54) is 11.3 Å². The summed E-state index contributed by atoms with van der Waals surface area (Å²) >= 11 is 1.50. The number of thiophene rings is 1. The molecule has 2 rings (SSSR count). The molecule has 16 heavy (non-hydrogen) atoms. The lowest BCUT2D eigenvalue weighted by atomic mass is 10.3. The molecule has 1 N–H and O–H groups in total. The second kappa shape index (κ2) is 4.52. The molecule has 2 aromatic heterocycles. The summed E-state index contributed by atoms with van der Waals surface area (Å²) in [6.45, 7) is 0.318. The molecule has 2 aromatic rings. The SMILES string of the molecule is Fc1cc(F)c(NCc2ccsc2)nc1F. The zero-order valence-corrected chi connectivity index (χ0v) is 8.82. The van der Waals surface area contributed by atoms with Crippen LogP contribution >= 0.6 is 11.3 Å². The van der Waals surface area contributed by atoms with E-state index in [1.54, 1.807) is 0 Å². The Hall–Kier alpha value is -1.56. The van der Waals surface area contributed by atoms with Crippen molar-refractivity contribution in [1.29, 1.82) is 0 Å². The highest BCUT2D eigenvalue weighted by molar-refractivity contribution is 7.07. The molecule has 6 heteroatoms. The molecule has 0 saturated heterocycles. The molecule has 0 unspecified atom stereocenters. The van der Waals surface area contributed by atoms with Crippen LogP contribution in [0.25, 0.3) is 0 Å². The molecule has 2 nitrogen and oxygen atoms in total. The second-order valence-corrected chi connectivity index (χ2v) is 3.86. The molecule has 0 spiro atoms. The maximum atomic E-state index is 13.1. The fraction of sp³-hybridized carbons (Fsp3) is 0.100. The number of halogens is 3. The minimum atomic E-state index is -1.31. The van der Waals surface area contributed by atoms with Crippen molar-refractivity contribution in [1.82, 2.24) is 4.98 Å². The van der Waals surface area contributed by atoms with Gasteiger partial charge in [-0.1, -0.05) is 0 Å². The summed E-state index contributed by atoms with van der Waals surface area (Å²) in [5.74, 6) is -3.80. The van der Waals surface area contributed by atoms with Crippen molar-refractivity contribution in [3.63, 3.8) is 0 Å². The van der Waals surface area contributed by atoms with Gasteiger partial charge in [0, 0.05) is 12.6 Å². The standard InChI is InChI=1S/C10H7F3N2S/c11-7-3-8(12)10(15-9(7)13)14-4-6-1-2-16-5-6/h1-3,5H,4H2,(H,14,15). The van der Waals surface area contributed by atoms with Crippen LogP contribution in [0.5, 0.6) is 0 Å². The maximum absolute atomic E-state index is 13.1. The van der Waals surface area contributed by atoms with Crippen LogP contribution in [0.1, 0.15) is 5.56 Å². The van der Waals surface area contributed by atoms with E-state index < -0.39 is 17.6 Å². The Morgan fingerprint density at radius 3 is 2.75 bits per heavy atom. The zero-order valence-electron chi connectivity index (χ0n) is 8.01. The van der Waals surface area contributed by atoms with Gasteiger partial charge in [0.05, 0.1) is 0 Å². The van der Waals surface area contributed by atoms with Crippen molar-refractivity contribution in [3.8, 4) is 0 Å². The number of hydrogen-bond donors (Lipinski definition) is 1. The lowest BCUT2D eigenvalue weighted by Crippen LogP contribution is -2.05. The summed E-state index contributed by atoms with van der Waals surface area (Å²) in [4.78, 5) is 3.15. The fourth-order valence-corrected chi connectivity index (χ4v) is 1.82. The molecular formula is C10H7F3N2S. The molecule has 0 radical (unpaired) electrons. The third-order valence-electron chi connectivity index (χ3n) is 1.93. The molecule has 84 valence electrons. The van der Waals surface area contributed by atoms with Crippen LogP contribution in [0.15, 0.2) is 22.9 Å². The molecule has 2 heterocycles. The van der Waals surface area contributed by atoms with Gasteiger partial charge in [0.1, 0.15) is 0 Å². The summed E-state index contributed by atoms with van der Waals surface area (Å²) in [5.41, 5.74) is 0.927. The van der Waals surface area contributed by atoms with Gasteiger partial charge in [-0.15, -0.1) is 0 Å². The van der Waals surface area contributed by atoms with E-state index in [1.807, 2.05) is 16.8 Å². The normalized spacial score (nSPS) is 10.4. The van der Waals surface area contributed by atoms with Crippen molar-refractivity contribution in [2.45, 2.75) is 6.54 Å². The van der Waals surface area contributed by atoms with Crippen molar-refractivity contribution >= 4 is 17.2 Å². The average molecular weight is 244 g/mol. The minimum absolute atomic E-state index is 0.287. The van der Waals surface area contributed by atoms with E-state index in [2.05, 4.69) is 10.3 Å². The molecule has 0 bridgehead atoms. The first-order valence-electron chi connectivity index (χ1n) is 4.43. The van der Waals surface area contributed by atoms with Crippen LogP contribution in [0.3, 0.4) is 0 Å². The van der Waals surface area contributed by atoms with E-state index in [0.29, 0.717) is 12.6 Å². The predicted molar refractivity (Wildman–Crippen MR) is 55.8 cm³/mol. The Kier molecular flexibility index (Phi) is 3.09. The highest BCUT2D eigenvalue weighted by Crippen LogP contribution is 2.15. The van der Waals surface area contributed by atoms with Crippen molar-refractivity contribution < 1.29 is 13.2 Å². The van der Waals surface area contributed by atoms with Gasteiger partial charge in [-0.05, 0) is 22.4 Å². The van der Waals surface area contributed by atoms with Crippen molar-refractivity contribution in [2.75, 3.05) is 5.32 Å². The first-order valence-corrected chi connectivity index (χ1v) is 5.37. The summed E-state index contributed by atoms with van der Waals surface area (Å²) in [7, 11) is 0. The first-order chi connectivity index (χ1) is 7.66. The smallest absolute Gasteiger partial charge is 0.251 e. The summed E-state index contributed by atoms with van der Waals surface area (Å²) in [6, 6.07) is 2.31. The van der Waals surface area contributed by atoms with E-state index in [9.17, 15) is 13.2 Å². The Bertz CT molecular complexity index is 485. The van der Waals surface area contributed by atoms with Gasteiger partial charge in [-0.2, -0.15) is 20.7 Å². The summed E-state index contributed by atoms with van der Waals surface area (Å²) < 4.78 is 38.4. The monoisotopic (exact) mass is 244 g/mol. The van der Waals surface area contributed by atoms with Gasteiger partial charge in [0.2, 0.25) is 0 Å². The second-order valence-electron chi connectivity index (χ2n) is 3.08. The largest absolute Gasteiger partial charge is 0.363 e. The molecule has 0 aliphatic heterocycles. The van der Waals surface area contributed by atoms with Gasteiger partial charge in [0.25, 0.3) is 5.95 Å². The highest BCUT2D eigenvalue weighted by Gasteiger charge is 2.11. The Morgan fingerprint density at radius 1 is 1.25 bits per heavy atom. The fourth-order valence-electron chi connectivity index (χ4n) is 1.15. The Labute approximate surface area is 93.8 Å². The molecule has 0 atom stereocenters. The topological polar surface area (TPSA) is 24.9 Å². The molecule has 0 aliphatic rings. The van der Waals surface area contributed by atoms with Crippen molar-refractivity contribution in [3.05, 3.63) is 46.0 Å². The maximum Gasteiger partial charge on any atom is 0.251 e. The van der Waals surface area contributed by atoms with Crippen molar-refractivity contribution in [2.24, 2.45) is 0 Å². The third kappa shape index (κ3) is 2.33. The molecule has 0 saturated carbocycles.